The number of amides is 1. The van der Waals surface area contributed by atoms with Crippen LogP contribution in [0.4, 0.5) is 15.9 Å². The second-order valence-corrected chi connectivity index (χ2v) is 11.1. The highest BCUT2D eigenvalue weighted by atomic mass is 35.5. The molecule has 1 amide bonds. The zero-order valence-electron chi connectivity index (χ0n) is 21.7. The third-order valence-corrected chi connectivity index (χ3v) is 8.53. The maximum Gasteiger partial charge on any atom is 0.263 e. The normalized spacial score (nSPS) is 11.8. The number of aromatic nitrogens is 4. The number of benzene rings is 2. The number of sulfonamides is 1. The van der Waals surface area contributed by atoms with Crippen molar-refractivity contribution in [2.75, 3.05) is 36.6 Å². The molecule has 15 heteroatoms. The summed E-state index contributed by atoms with van der Waals surface area (Å²) in [6, 6.07) is 7.91. The minimum Gasteiger partial charge on any atom is -0.383 e. The Morgan fingerprint density at radius 2 is 1.90 bits per heavy atom. The van der Waals surface area contributed by atoms with E-state index in [1.54, 1.807) is 0 Å². The number of rotatable bonds is 11. The van der Waals surface area contributed by atoms with Crippen LogP contribution in [0.15, 0.2) is 47.6 Å². The molecule has 2 heterocycles. The molecule has 4 N–H and O–H groups in total. The third-order valence-electron chi connectivity index (χ3n) is 6.19. The van der Waals surface area contributed by atoms with Crippen LogP contribution in [0.25, 0.3) is 22.3 Å². The maximum atomic E-state index is 15.2. The van der Waals surface area contributed by atoms with Crippen LogP contribution < -0.4 is 15.8 Å². The lowest BCUT2D eigenvalue weighted by molar-refractivity contribution is -0.121. The number of carbonyl (C=O) groups excluding carboxylic acids is 1. The Morgan fingerprint density at radius 1 is 1.15 bits per heavy atom. The van der Waals surface area contributed by atoms with Gasteiger partial charge in [0.15, 0.2) is 5.65 Å². The number of halogens is 3. The molecular formula is C25H27Cl2FN8O3S. The fraction of sp³-hybridized carbons (Fsp3) is 0.280. The average molecular weight is 610 g/mol. The van der Waals surface area contributed by atoms with Crippen molar-refractivity contribution in [3.63, 3.8) is 0 Å². The fourth-order valence-corrected chi connectivity index (χ4v) is 5.89. The molecule has 0 bridgehead atoms. The van der Waals surface area contributed by atoms with Crippen molar-refractivity contribution in [3.8, 4) is 11.3 Å². The number of nitrogens with two attached hydrogens (primary N) is 1. The predicted molar refractivity (Wildman–Crippen MR) is 153 cm³/mol. The summed E-state index contributed by atoms with van der Waals surface area (Å²) in [5.74, 6) is -1.07. The maximum absolute atomic E-state index is 15.2. The van der Waals surface area contributed by atoms with Crippen LogP contribution >= 0.6 is 23.2 Å². The Kier molecular flexibility index (Phi) is 9.08. The van der Waals surface area contributed by atoms with Gasteiger partial charge in [0.2, 0.25) is 5.91 Å². The summed E-state index contributed by atoms with van der Waals surface area (Å²) in [5, 5.41) is 7.52. The Balaban J connectivity index is 1.61. The SMILES string of the molecule is CCN(CC)CCNC(=O)Cn1nc(-c2ccc(NS(=O)(=O)c3cccc(Cl)c3Cl)c(F)c2)c2c(N)ncnc21. The highest BCUT2D eigenvalue weighted by molar-refractivity contribution is 7.92. The third kappa shape index (κ3) is 6.28. The summed E-state index contributed by atoms with van der Waals surface area (Å²) >= 11 is 12.0. The number of nitrogens with zero attached hydrogens (tertiary/aromatic N) is 5. The van der Waals surface area contributed by atoms with E-state index in [2.05, 4.69) is 30.0 Å². The number of likely N-dealkylation sites (N-methyl/N-ethyl adjacent to an activating group) is 1. The molecule has 0 atom stereocenters. The quantitative estimate of drug-likeness (QED) is 0.233. The van der Waals surface area contributed by atoms with Gasteiger partial charge in [0.1, 0.15) is 35.1 Å². The first kappa shape index (κ1) is 29.5. The van der Waals surface area contributed by atoms with Gasteiger partial charge in [-0.2, -0.15) is 5.10 Å². The first-order chi connectivity index (χ1) is 19.1. The van der Waals surface area contributed by atoms with E-state index in [9.17, 15) is 13.2 Å². The summed E-state index contributed by atoms with van der Waals surface area (Å²) < 4.78 is 44.4. The molecule has 0 spiro atoms. The van der Waals surface area contributed by atoms with Gasteiger partial charge in [-0.15, -0.1) is 0 Å². The van der Waals surface area contributed by atoms with Crippen molar-refractivity contribution in [1.29, 1.82) is 0 Å². The fourth-order valence-electron chi connectivity index (χ4n) is 4.06. The minimum absolute atomic E-state index is 0.0419. The van der Waals surface area contributed by atoms with Crippen molar-refractivity contribution >= 4 is 61.7 Å². The monoisotopic (exact) mass is 608 g/mol. The number of hydrogen-bond donors (Lipinski definition) is 3. The van der Waals surface area contributed by atoms with Gasteiger partial charge in [-0.1, -0.05) is 49.2 Å². The number of carbonyl (C=O) groups is 1. The molecule has 2 aromatic heterocycles. The van der Waals surface area contributed by atoms with Gasteiger partial charge in [0.05, 0.1) is 21.1 Å². The molecule has 0 unspecified atom stereocenters. The number of nitrogen functional groups attached to an aromatic ring is 1. The van der Waals surface area contributed by atoms with Gasteiger partial charge in [-0.05, 0) is 37.4 Å². The summed E-state index contributed by atoms with van der Waals surface area (Å²) in [4.78, 5) is 22.7. The number of anilines is 2. The molecule has 4 aromatic rings. The molecule has 0 aliphatic rings. The van der Waals surface area contributed by atoms with Crippen LogP contribution in [0.5, 0.6) is 0 Å². The predicted octanol–water partition coefficient (Wildman–Crippen LogP) is 3.78. The first-order valence-corrected chi connectivity index (χ1v) is 14.5. The molecule has 0 saturated carbocycles. The van der Waals surface area contributed by atoms with E-state index in [0.717, 1.165) is 19.2 Å². The van der Waals surface area contributed by atoms with E-state index in [1.165, 1.54) is 41.3 Å². The van der Waals surface area contributed by atoms with E-state index >= 15 is 4.39 Å². The van der Waals surface area contributed by atoms with Gasteiger partial charge < -0.3 is 16.0 Å². The molecule has 11 nitrogen and oxygen atoms in total. The van der Waals surface area contributed by atoms with Crippen LogP contribution in [0.1, 0.15) is 13.8 Å². The summed E-state index contributed by atoms with van der Waals surface area (Å²) in [7, 11) is -4.25. The summed E-state index contributed by atoms with van der Waals surface area (Å²) in [6.07, 6.45) is 1.25. The van der Waals surface area contributed by atoms with E-state index < -0.39 is 15.8 Å². The molecule has 212 valence electrons. The Morgan fingerprint density at radius 3 is 2.60 bits per heavy atom. The minimum atomic E-state index is -4.25. The van der Waals surface area contributed by atoms with E-state index in [1.807, 2.05) is 13.8 Å². The zero-order valence-corrected chi connectivity index (χ0v) is 24.0. The smallest absolute Gasteiger partial charge is 0.263 e. The average Bonchev–Trinajstić information content (AvgIpc) is 3.28. The number of fused-ring (bicyclic) bond motifs is 1. The van der Waals surface area contributed by atoms with Crippen LogP contribution in [0.3, 0.4) is 0 Å². The zero-order chi connectivity index (χ0) is 29.0. The van der Waals surface area contributed by atoms with Crippen molar-refractivity contribution < 1.29 is 17.6 Å². The molecule has 0 fully saturated rings. The summed E-state index contributed by atoms with van der Waals surface area (Å²) in [5.41, 5.74) is 6.58. The second kappa shape index (κ2) is 12.3. The van der Waals surface area contributed by atoms with Gasteiger partial charge in [0.25, 0.3) is 10.0 Å². The van der Waals surface area contributed by atoms with Crippen LogP contribution in [0, 0.1) is 5.82 Å². The lowest BCUT2D eigenvalue weighted by atomic mass is 10.1. The van der Waals surface area contributed by atoms with E-state index in [4.69, 9.17) is 28.9 Å². The first-order valence-electron chi connectivity index (χ1n) is 12.3. The Labute approximate surface area is 240 Å². The van der Waals surface area contributed by atoms with E-state index in [0.29, 0.717) is 24.1 Å². The highest BCUT2D eigenvalue weighted by Gasteiger charge is 2.23. The lowest BCUT2D eigenvalue weighted by Gasteiger charge is -2.17. The molecule has 0 radical (unpaired) electrons. The highest BCUT2D eigenvalue weighted by Crippen LogP contribution is 2.34. The van der Waals surface area contributed by atoms with Crippen LogP contribution in [0.2, 0.25) is 10.0 Å². The van der Waals surface area contributed by atoms with Gasteiger partial charge >= 0.3 is 0 Å². The molecule has 0 aliphatic carbocycles. The molecular weight excluding hydrogens is 582 g/mol. The Bertz CT molecular complexity index is 1660. The topological polar surface area (TPSA) is 148 Å². The summed E-state index contributed by atoms with van der Waals surface area (Å²) in [6.45, 7) is 6.87. The Hall–Kier alpha value is -3.52. The van der Waals surface area contributed by atoms with Crippen LogP contribution in [-0.4, -0.2) is 65.2 Å². The standard InChI is InChI=1S/C25H27Cl2FN8O3S/c1-3-35(4-2)11-10-30-20(37)13-36-25-21(24(29)31-14-32-25)23(33-36)15-8-9-18(17(28)12-15)34-40(38,39)19-7-5-6-16(26)22(19)27/h5-9,12,14,34H,3-4,10-11,13H2,1-2H3,(H,30,37)(H2,29,31,32). The van der Waals surface area contributed by atoms with Crippen molar-refractivity contribution in [2.24, 2.45) is 0 Å². The number of nitrogens with one attached hydrogen (secondary N) is 2. The lowest BCUT2D eigenvalue weighted by Crippen LogP contribution is -2.36. The largest absolute Gasteiger partial charge is 0.383 e. The van der Waals surface area contributed by atoms with Crippen molar-refractivity contribution in [2.45, 2.75) is 25.3 Å². The van der Waals surface area contributed by atoms with Gasteiger partial charge in [0, 0.05) is 18.7 Å². The van der Waals surface area contributed by atoms with Gasteiger partial charge in [-0.3, -0.25) is 9.52 Å². The van der Waals surface area contributed by atoms with Crippen LogP contribution in [-0.2, 0) is 21.4 Å². The van der Waals surface area contributed by atoms with Gasteiger partial charge in [-0.25, -0.2) is 27.5 Å². The molecule has 4 rings (SSSR count). The molecule has 0 saturated heterocycles. The second-order valence-electron chi connectivity index (χ2n) is 8.69. The van der Waals surface area contributed by atoms with Crippen molar-refractivity contribution in [1.82, 2.24) is 30.0 Å². The molecule has 0 aliphatic heterocycles. The van der Waals surface area contributed by atoms with Crippen molar-refractivity contribution in [3.05, 3.63) is 58.6 Å². The molecule has 2 aromatic carbocycles. The molecule has 40 heavy (non-hydrogen) atoms. The van der Waals surface area contributed by atoms with E-state index in [-0.39, 0.29) is 50.2 Å². The number of hydrogen-bond acceptors (Lipinski definition) is 8.